The molecule has 0 saturated heterocycles. The summed E-state index contributed by atoms with van der Waals surface area (Å²) in [5.74, 6) is 1.98. The quantitative estimate of drug-likeness (QED) is 0.484. The van der Waals surface area contributed by atoms with Gasteiger partial charge in [-0.25, -0.2) is 0 Å². The van der Waals surface area contributed by atoms with Crippen molar-refractivity contribution in [3.63, 3.8) is 0 Å². The van der Waals surface area contributed by atoms with Crippen LogP contribution in [0.25, 0.3) is 6.08 Å². The number of ether oxygens (including phenoxy) is 2. The molecule has 0 bridgehead atoms. The van der Waals surface area contributed by atoms with Crippen molar-refractivity contribution < 1.29 is 14.3 Å². The van der Waals surface area contributed by atoms with Crippen LogP contribution in [0.2, 0.25) is 0 Å². The first-order valence-electron chi connectivity index (χ1n) is 8.05. The lowest BCUT2D eigenvalue weighted by molar-refractivity contribution is -0.153. The van der Waals surface area contributed by atoms with E-state index in [0.29, 0.717) is 24.9 Å². The highest BCUT2D eigenvalue weighted by atomic mass is 35.6. The minimum atomic E-state index is -1.65. The van der Waals surface area contributed by atoms with Crippen molar-refractivity contribution in [3.8, 4) is 11.5 Å². The van der Waals surface area contributed by atoms with E-state index in [-0.39, 0.29) is 6.67 Å². The lowest BCUT2D eigenvalue weighted by Crippen LogP contribution is -2.50. The monoisotopic (exact) mass is 421 g/mol. The van der Waals surface area contributed by atoms with Crippen LogP contribution in [0.15, 0.2) is 29.3 Å². The van der Waals surface area contributed by atoms with Gasteiger partial charge >= 0.3 is 0 Å². The maximum absolute atomic E-state index is 6.06. The van der Waals surface area contributed by atoms with Gasteiger partial charge in [0.2, 0.25) is 0 Å². The van der Waals surface area contributed by atoms with Gasteiger partial charge in [-0.2, -0.15) is 0 Å². The summed E-state index contributed by atoms with van der Waals surface area (Å²) in [4.78, 5) is 11.1. The van der Waals surface area contributed by atoms with Crippen molar-refractivity contribution >= 4 is 46.7 Å². The van der Waals surface area contributed by atoms with E-state index in [1.807, 2.05) is 24.3 Å². The smallest absolute Gasteiger partial charge is 0.270 e. The number of hydrogen-bond acceptors (Lipinski definition) is 6. The molecule has 9 heteroatoms. The number of rotatable bonds is 7. The average molecular weight is 423 g/mol. The molecule has 0 spiro atoms. The summed E-state index contributed by atoms with van der Waals surface area (Å²) in [6, 6.07) is 5.65. The molecular weight excluding hydrogens is 401 g/mol. The maximum Gasteiger partial charge on any atom is 0.270 e. The van der Waals surface area contributed by atoms with Crippen LogP contribution in [0, 0.1) is 0 Å². The van der Waals surface area contributed by atoms with Gasteiger partial charge in [0.25, 0.3) is 3.92 Å². The highest BCUT2D eigenvalue weighted by Gasteiger charge is 2.35. The Hall–Kier alpha value is -1.18. The fourth-order valence-electron chi connectivity index (χ4n) is 2.26. The van der Waals surface area contributed by atoms with E-state index in [1.54, 1.807) is 25.4 Å². The Morgan fingerprint density at radius 1 is 1.15 bits per heavy atom. The van der Waals surface area contributed by atoms with Gasteiger partial charge in [0, 0.05) is 6.07 Å². The number of hydrogen-bond donors (Lipinski definition) is 0. The first kappa shape index (κ1) is 21.1. The molecule has 1 heterocycles. The number of hydroxylamine groups is 2. The molecule has 26 heavy (non-hydrogen) atoms. The molecule has 0 aliphatic carbocycles. The molecule has 0 radical (unpaired) electrons. The normalized spacial score (nSPS) is 16.1. The molecule has 1 aliphatic heterocycles. The molecule has 2 rings (SSSR count). The third kappa shape index (κ3) is 5.93. The summed E-state index contributed by atoms with van der Waals surface area (Å²) < 4.78 is 9.37. The zero-order valence-corrected chi connectivity index (χ0v) is 17.2. The van der Waals surface area contributed by atoms with Crippen LogP contribution in [0.3, 0.4) is 0 Å². The Morgan fingerprint density at radius 2 is 1.88 bits per heavy atom. The number of halogens is 3. The third-order valence-electron chi connectivity index (χ3n) is 3.57. The zero-order chi connectivity index (χ0) is 19.2. The van der Waals surface area contributed by atoms with E-state index < -0.39 is 3.92 Å². The standard InChI is InChI=1S/C17H22Cl3N3O3/c1-4-7-26-15-9-13(8-14(10-15)24-2)5-6-16-21-11-22(25-3)12-23(16)17(18,19)20/h5-6,8-10H,4,7,11-12H2,1-3H3. The Balaban J connectivity index is 2.25. The van der Waals surface area contributed by atoms with E-state index in [0.717, 1.165) is 17.7 Å². The molecule has 0 atom stereocenters. The van der Waals surface area contributed by atoms with Gasteiger partial charge < -0.3 is 9.47 Å². The maximum atomic E-state index is 6.06. The molecule has 1 aliphatic rings. The second kappa shape index (κ2) is 9.67. The van der Waals surface area contributed by atoms with Crippen molar-refractivity contribution in [2.45, 2.75) is 17.3 Å². The van der Waals surface area contributed by atoms with E-state index in [2.05, 4.69) is 11.9 Å². The molecule has 1 aromatic rings. The molecule has 0 unspecified atom stereocenters. The fourth-order valence-corrected chi connectivity index (χ4v) is 2.68. The second-order valence-electron chi connectivity index (χ2n) is 5.48. The van der Waals surface area contributed by atoms with Gasteiger partial charge in [-0.05, 0) is 30.2 Å². The van der Waals surface area contributed by atoms with E-state index in [1.165, 1.54) is 4.90 Å². The minimum Gasteiger partial charge on any atom is -0.497 e. The van der Waals surface area contributed by atoms with Crippen LogP contribution in [0.4, 0.5) is 0 Å². The number of nitrogens with zero attached hydrogens (tertiary/aromatic N) is 3. The average Bonchev–Trinajstić information content (AvgIpc) is 2.63. The highest BCUT2D eigenvalue weighted by molar-refractivity contribution is 6.67. The summed E-state index contributed by atoms with van der Waals surface area (Å²) in [6.07, 6.45) is 4.58. The molecule has 0 N–H and O–H groups in total. The van der Waals surface area contributed by atoms with Crippen molar-refractivity contribution in [1.82, 2.24) is 9.96 Å². The number of amidine groups is 1. The first-order chi connectivity index (χ1) is 12.4. The van der Waals surface area contributed by atoms with Crippen LogP contribution in [-0.2, 0) is 4.84 Å². The molecule has 0 aromatic heterocycles. The van der Waals surface area contributed by atoms with Crippen molar-refractivity contribution in [1.29, 1.82) is 0 Å². The predicted molar refractivity (Wildman–Crippen MR) is 106 cm³/mol. The van der Waals surface area contributed by atoms with Crippen LogP contribution in [0.5, 0.6) is 11.5 Å². The van der Waals surface area contributed by atoms with Gasteiger partial charge in [-0.3, -0.25) is 14.7 Å². The molecule has 0 saturated carbocycles. The first-order valence-corrected chi connectivity index (χ1v) is 9.18. The highest BCUT2D eigenvalue weighted by Crippen LogP contribution is 2.33. The lowest BCUT2D eigenvalue weighted by Gasteiger charge is -2.37. The predicted octanol–water partition coefficient (Wildman–Crippen LogP) is 4.32. The minimum absolute atomic E-state index is 0.277. The van der Waals surface area contributed by atoms with Crippen molar-refractivity contribution in [3.05, 3.63) is 29.8 Å². The van der Waals surface area contributed by atoms with Crippen LogP contribution < -0.4 is 9.47 Å². The van der Waals surface area contributed by atoms with Crippen molar-refractivity contribution in [2.75, 3.05) is 34.2 Å². The molecular formula is C17H22Cl3N3O3. The lowest BCUT2D eigenvalue weighted by atomic mass is 10.2. The molecule has 1 aromatic carbocycles. The summed E-state index contributed by atoms with van der Waals surface area (Å²) in [5, 5.41) is 1.57. The van der Waals surface area contributed by atoms with Crippen LogP contribution >= 0.6 is 34.8 Å². The Kier molecular flexibility index (Phi) is 7.85. The second-order valence-corrected chi connectivity index (χ2v) is 7.70. The third-order valence-corrected chi connectivity index (χ3v) is 4.18. The number of alkyl halides is 3. The Labute approximate surface area is 168 Å². The molecule has 6 nitrogen and oxygen atoms in total. The molecule has 0 amide bonds. The van der Waals surface area contributed by atoms with E-state index >= 15 is 0 Å². The number of methoxy groups -OCH3 is 1. The largest absolute Gasteiger partial charge is 0.497 e. The van der Waals surface area contributed by atoms with Gasteiger partial charge in [0.15, 0.2) is 0 Å². The van der Waals surface area contributed by atoms with Crippen LogP contribution in [0.1, 0.15) is 18.9 Å². The van der Waals surface area contributed by atoms with Crippen molar-refractivity contribution in [2.24, 2.45) is 4.99 Å². The molecule has 144 valence electrons. The number of benzene rings is 1. The summed E-state index contributed by atoms with van der Waals surface area (Å²) in [6.45, 7) is 3.31. The molecule has 0 fully saturated rings. The Bertz CT molecular complexity index is 662. The number of aliphatic imine (C=N–C) groups is 1. The van der Waals surface area contributed by atoms with Gasteiger partial charge in [-0.15, -0.1) is 5.06 Å². The van der Waals surface area contributed by atoms with Gasteiger partial charge in [0.1, 0.15) is 30.7 Å². The van der Waals surface area contributed by atoms with Gasteiger partial charge in [0.05, 0.1) is 20.8 Å². The zero-order valence-electron chi connectivity index (χ0n) is 14.9. The SMILES string of the molecule is CCCOc1cc(C=CC2=NCN(OC)CN2C(Cl)(Cl)Cl)cc(OC)c1. The fraction of sp³-hybridized carbons (Fsp3) is 0.471. The Morgan fingerprint density at radius 3 is 2.50 bits per heavy atom. The summed E-state index contributed by atoms with van der Waals surface area (Å²) in [5.41, 5.74) is 0.886. The van der Waals surface area contributed by atoms with E-state index in [4.69, 9.17) is 49.1 Å². The topological polar surface area (TPSA) is 46.5 Å². The van der Waals surface area contributed by atoms with E-state index in [9.17, 15) is 0 Å². The van der Waals surface area contributed by atoms with Crippen LogP contribution in [-0.4, -0.2) is 53.9 Å². The summed E-state index contributed by atoms with van der Waals surface area (Å²) >= 11 is 18.2. The van der Waals surface area contributed by atoms with Gasteiger partial charge in [-0.1, -0.05) is 47.8 Å². The summed E-state index contributed by atoms with van der Waals surface area (Å²) in [7, 11) is 3.16.